The number of methoxy groups -OCH3 is 2. The van der Waals surface area contributed by atoms with E-state index >= 15 is 0 Å². The molecular formula is C52H77Cl2N5O15. The lowest BCUT2D eigenvalue weighted by Gasteiger charge is -2.49. The first-order chi connectivity index (χ1) is 34.9. The number of likely N-dealkylation sites (N-methyl/N-ethyl adjacent to an activating group) is 1. The third kappa shape index (κ3) is 14.1. The third-order valence-corrected chi connectivity index (χ3v) is 15.8. The fraction of sp³-hybridized carbons (Fsp3) is 0.692. The number of nitrogens with one attached hydrogen (secondary N) is 2. The number of nitrogens with zero attached hydrogens (tertiary/aromatic N) is 3. The highest BCUT2D eigenvalue weighted by Gasteiger charge is 2.53. The molecule has 2 aromatic rings. The zero-order valence-electron chi connectivity index (χ0n) is 44.7. The summed E-state index contributed by atoms with van der Waals surface area (Å²) in [7, 11) is 4.56. The summed E-state index contributed by atoms with van der Waals surface area (Å²) >= 11 is 12.4. The Bertz CT molecular complexity index is 2240. The van der Waals surface area contributed by atoms with E-state index in [0.717, 1.165) is 0 Å². The highest BCUT2D eigenvalue weighted by atomic mass is 35.5. The summed E-state index contributed by atoms with van der Waals surface area (Å²) in [5, 5.41) is 29.8. The number of Topliss-reactive ketones (excluding diaryl/α,β-unsaturated/α-hetero) is 1. The van der Waals surface area contributed by atoms with Crippen LogP contribution in [0.15, 0.2) is 30.6 Å². The minimum atomic E-state index is -1.56. The fourth-order valence-electron chi connectivity index (χ4n) is 10.2. The Balaban J connectivity index is 1.31. The molecule has 3 aliphatic heterocycles. The maximum atomic E-state index is 14.7. The number of aromatic nitrogens is 1. The third-order valence-electron chi connectivity index (χ3n) is 15.2. The lowest BCUT2D eigenvalue weighted by Crippen LogP contribution is -2.62. The number of ether oxygens (including phenoxy) is 8. The second-order valence-corrected chi connectivity index (χ2v) is 21.0. The van der Waals surface area contributed by atoms with Crippen molar-refractivity contribution in [3.8, 4) is 11.5 Å². The fourth-order valence-corrected chi connectivity index (χ4v) is 10.7. The Morgan fingerprint density at radius 2 is 1.62 bits per heavy atom. The van der Waals surface area contributed by atoms with Crippen LogP contribution in [0.2, 0.25) is 10.0 Å². The number of urea groups is 1. The number of pyridine rings is 1. The summed E-state index contributed by atoms with van der Waals surface area (Å²) in [5.41, 5.74) is -2.46. The monoisotopic (exact) mass is 1080 g/mol. The Morgan fingerprint density at radius 3 is 2.24 bits per heavy atom. The number of carbonyl (C=O) groups excluding carboxylic acids is 5. The molecule has 74 heavy (non-hydrogen) atoms. The van der Waals surface area contributed by atoms with E-state index in [1.54, 1.807) is 72.5 Å². The molecule has 3 fully saturated rings. The van der Waals surface area contributed by atoms with Gasteiger partial charge in [0.25, 0.3) is 5.91 Å². The Kier molecular flexibility index (Phi) is 21.6. The number of hydrogen-bond acceptors (Lipinski definition) is 16. The number of carbonyl (C=O) groups is 5. The largest absolute Gasteiger partial charge is 0.493 e. The normalized spacial score (nSPS) is 32.4. The molecular weight excluding hydrogens is 1010 g/mol. The minimum Gasteiger partial charge on any atom is -0.493 e. The van der Waals surface area contributed by atoms with Crippen LogP contribution in [-0.4, -0.2) is 170 Å². The molecule has 0 saturated carbocycles. The average Bonchev–Trinajstić information content (AvgIpc) is 3.38. The SMILES string of the molecule is CC[C@H]1OC(=O)[C@H](C)[C@@H](O)[C@H](C)[C@@H](O[C@@H]2O[C@H](C)C[C@H](N(C)C(=O)N3CCOCC3)[C@H]2O)[C@](C)(OC)C[C@@H](C)C(=O)[C@H](C)[C@@H](C)[C@]1(C)OC(=O)NCCCOc1cc(C(=O)Nc2c(Cl)cncc2Cl)ccc1OC. The van der Waals surface area contributed by atoms with Gasteiger partial charge in [0.05, 0.1) is 78.5 Å². The van der Waals surface area contributed by atoms with Gasteiger partial charge in [0.2, 0.25) is 0 Å². The number of esters is 1. The van der Waals surface area contributed by atoms with Crippen LogP contribution >= 0.6 is 23.2 Å². The molecule has 3 saturated heterocycles. The zero-order valence-corrected chi connectivity index (χ0v) is 46.2. The average molecular weight is 1080 g/mol. The van der Waals surface area contributed by atoms with E-state index in [0.29, 0.717) is 38.5 Å². The van der Waals surface area contributed by atoms with E-state index in [1.165, 1.54) is 44.5 Å². The van der Waals surface area contributed by atoms with Gasteiger partial charge in [-0.2, -0.15) is 0 Å². The van der Waals surface area contributed by atoms with E-state index in [9.17, 15) is 34.2 Å². The summed E-state index contributed by atoms with van der Waals surface area (Å²) in [6, 6.07) is 3.65. The molecule has 0 aliphatic carbocycles. The number of aliphatic hydroxyl groups excluding tert-OH is 2. The van der Waals surface area contributed by atoms with Crippen molar-refractivity contribution in [2.45, 2.75) is 142 Å². The Hall–Kier alpha value is -4.54. The highest BCUT2D eigenvalue weighted by Crippen LogP contribution is 2.42. The van der Waals surface area contributed by atoms with Crippen molar-refractivity contribution in [3.63, 3.8) is 0 Å². The van der Waals surface area contributed by atoms with E-state index < -0.39 is 102 Å². The second kappa shape index (κ2) is 26.5. The molecule has 4 N–H and O–H groups in total. The Labute approximate surface area is 444 Å². The summed E-state index contributed by atoms with van der Waals surface area (Å²) in [5.74, 6) is -5.10. The van der Waals surface area contributed by atoms with Crippen LogP contribution < -0.4 is 20.1 Å². The van der Waals surface area contributed by atoms with Crippen molar-refractivity contribution in [1.29, 1.82) is 0 Å². The van der Waals surface area contributed by atoms with Gasteiger partial charge in [-0.3, -0.25) is 19.4 Å². The van der Waals surface area contributed by atoms with E-state index in [1.807, 2.05) is 6.92 Å². The van der Waals surface area contributed by atoms with Gasteiger partial charge in [0, 0.05) is 75.4 Å². The van der Waals surface area contributed by atoms with Crippen LogP contribution in [0.25, 0.3) is 0 Å². The number of alkyl carbamates (subject to hydrolysis) is 1. The number of anilines is 1. The van der Waals surface area contributed by atoms with Crippen molar-refractivity contribution in [3.05, 3.63) is 46.2 Å². The first-order valence-electron chi connectivity index (χ1n) is 25.4. The molecule has 4 heterocycles. The lowest BCUT2D eigenvalue weighted by atomic mass is 9.71. The van der Waals surface area contributed by atoms with E-state index in [4.69, 9.17) is 61.1 Å². The molecule has 0 bridgehead atoms. The van der Waals surface area contributed by atoms with Gasteiger partial charge in [0.1, 0.15) is 18.0 Å². The number of morpholine rings is 1. The summed E-state index contributed by atoms with van der Waals surface area (Å²) in [4.78, 5) is 76.5. The van der Waals surface area contributed by atoms with Crippen molar-refractivity contribution in [1.82, 2.24) is 20.1 Å². The Morgan fingerprint density at radius 1 is 0.959 bits per heavy atom. The van der Waals surface area contributed by atoms with Crippen LogP contribution in [0.4, 0.5) is 15.3 Å². The first kappa shape index (κ1) is 60.3. The maximum Gasteiger partial charge on any atom is 0.407 e. The van der Waals surface area contributed by atoms with Gasteiger partial charge < -0.3 is 68.5 Å². The van der Waals surface area contributed by atoms with Crippen LogP contribution in [0.1, 0.15) is 98.4 Å². The molecule has 3 aliphatic rings. The number of amides is 4. The molecule has 4 amide bonds. The van der Waals surface area contributed by atoms with Crippen molar-refractivity contribution in [2.24, 2.45) is 29.6 Å². The predicted molar refractivity (Wildman–Crippen MR) is 274 cm³/mol. The number of hydrogen-bond donors (Lipinski definition) is 4. The molecule has 0 unspecified atom stereocenters. The molecule has 1 aromatic carbocycles. The molecule has 0 spiro atoms. The first-order valence-corrected chi connectivity index (χ1v) is 26.1. The van der Waals surface area contributed by atoms with E-state index in [-0.39, 0.29) is 71.3 Å². The van der Waals surface area contributed by atoms with Gasteiger partial charge >= 0.3 is 18.1 Å². The molecule has 14 atom stereocenters. The predicted octanol–water partition coefficient (Wildman–Crippen LogP) is 6.78. The minimum absolute atomic E-state index is 0.0766. The van der Waals surface area contributed by atoms with Crippen LogP contribution in [-0.2, 0) is 38.0 Å². The van der Waals surface area contributed by atoms with Gasteiger partial charge in [-0.1, -0.05) is 57.8 Å². The second-order valence-electron chi connectivity index (χ2n) is 20.2. The number of cyclic esters (lactones) is 1. The summed E-state index contributed by atoms with van der Waals surface area (Å²) in [6.45, 7) is 17.3. The van der Waals surface area contributed by atoms with Gasteiger partial charge in [0.15, 0.2) is 23.4 Å². The molecule has 20 nitrogen and oxygen atoms in total. The van der Waals surface area contributed by atoms with Gasteiger partial charge in [-0.05, 0) is 71.6 Å². The number of benzene rings is 1. The van der Waals surface area contributed by atoms with Gasteiger partial charge in [-0.25, -0.2) is 9.59 Å². The van der Waals surface area contributed by atoms with E-state index in [2.05, 4.69) is 15.6 Å². The lowest BCUT2D eigenvalue weighted by molar-refractivity contribution is -0.300. The number of ketones is 1. The topological polar surface area (TPSA) is 243 Å². The quantitative estimate of drug-likeness (QED) is 0.113. The molecule has 414 valence electrons. The molecule has 5 rings (SSSR count). The number of aliphatic hydroxyl groups is 2. The van der Waals surface area contributed by atoms with Gasteiger partial charge in [-0.15, -0.1) is 0 Å². The smallest absolute Gasteiger partial charge is 0.407 e. The van der Waals surface area contributed by atoms with Crippen LogP contribution in [0.3, 0.4) is 0 Å². The highest BCUT2D eigenvalue weighted by molar-refractivity contribution is 6.39. The van der Waals surface area contributed by atoms with Crippen molar-refractivity contribution >= 4 is 58.7 Å². The molecule has 22 heteroatoms. The van der Waals surface area contributed by atoms with Crippen molar-refractivity contribution < 1.29 is 72.1 Å². The molecule has 0 radical (unpaired) electrons. The van der Waals surface area contributed by atoms with Crippen LogP contribution in [0.5, 0.6) is 11.5 Å². The molecule has 1 aromatic heterocycles. The van der Waals surface area contributed by atoms with Crippen molar-refractivity contribution in [2.75, 3.05) is 66.0 Å². The zero-order chi connectivity index (χ0) is 54.8. The summed E-state index contributed by atoms with van der Waals surface area (Å²) in [6.07, 6.45) is -3.94. The number of rotatable bonds is 14. The number of halogens is 2. The standard InChI is InChI=1S/C52H77Cl2N5O15/c1-13-40-52(9,74-49(65)56-17-14-20-70-39-24-34(15-16-38(39)67-11)46(63)57-41-35(53)26-55-27-36(41)54)33(7)30(4)42(60)28(2)25-51(8,68-12)45(31(5)43(61)32(6)47(64)72-40)73-48-44(62)37(23-29(3)71-48)58(10)50(66)59-18-21-69-22-19-59/h15-16,24,26-33,37,40,43-45,48,61-62H,13-14,17-23,25H2,1-12H3,(H,56,65)(H,55,57,63)/t28-,29-,30-,31+,32-,33-,37+,40-,43+,44-,45-,48+,51-,52+/m1/s1. The summed E-state index contributed by atoms with van der Waals surface area (Å²) < 4.78 is 48.4. The maximum absolute atomic E-state index is 14.7. The van der Waals surface area contributed by atoms with Crippen LogP contribution in [0, 0.1) is 29.6 Å².